The van der Waals surface area contributed by atoms with Gasteiger partial charge in [0.2, 0.25) is 0 Å². The van der Waals surface area contributed by atoms with Crippen molar-refractivity contribution in [2.75, 3.05) is 5.32 Å². The molecular formula is C21H19F3N2O2. The average Bonchev–Trinajstić information content (AvgIpc) is 3.22. The fraction of sp³-hybridized carbons (Fsp3) is 0.333. The number of nitrogens with zero attached hydrogens (tertiary/aromatic N) is 1. The van der Waals surface area contributed by atoms with E-state index in [1.54, 1.807) is 30.3 Å². The minimum absolute atomic E-state index is 0.122. The quantitative estimate of drug-likeness (QED) is 0.804. The van der Waals surface area contributed by atoms with Gasteiger partial charge in [-0.25, -0.2) is 0 Å². The molecule has 1 fully saturated rings. The summed E-state index contributed by atoms with van der Waals surface area (Å²) in [7, 11) is 0. The van der Waals surface area contributed by atoms with Crippen molar-refractivity contribution in [2.45, 2.75) is 37.5 Å². The Kier molecular flexibility index (Phi) is 5.43. The Morgan fingerprint density at radius 3 is 2.32 bits per heavy atom. The second-order valence-corrected chi connectivity index (χ2v) is 6.94. The largest absolute Gasteiger partial charge is 0.417 e. The first kappa shape index (κ1) is 19.9. The summed E-state index contributed by atoms with van der Waals surface area (Å²) in [5.41, 5.74) is -3.21. The van der Waals surface area contributed by atoms with Crippen LogP contribution >= 0.6 is 0 Å². The van der Waals surface area contributed by atoms with Gasteiger partial charge >= 0.3 is 6.18 Å². The van der Waals surface area contributed by atoms with E-state index in [4.69, 9.17) is 5.26 Å². The van der Waals surface area contributed by atoms with Crippen LogP contribution in [0.15, 0.2) is 48.5 Å². The van der Waals surface area contributed by atoms with Crippen molar-refractivity contribution in [3.05, 3.63) is 65.2 Å². The zero-order valence-electron chi connectivity index (χ0n) is 15.0. The lowest BCUT2D eigenvalue weighted by atomic mass is 9.79. The molecule has 0 spiro atoms. The number of amides is 1. The lowest BCUT2D eigenvalue weighted by Gasteiger charge is -2.33. The van der Waals surface area contributed by atoms with E-state index in [0.717, 1.165) is 25.0 Å². The molecule has 146 valence electrons. The molecule has 1 unspecified atom stereocenters. The first-order valence-electron chi connectivity index (χ1n) is 8.97. The number of benzene rings is 2. The minimum atomic E-state index is -4.73. The monoisotopic (exact) mass is 388 g/mol. The first-order valence-corrected chi connectivity index (χ1v) is 8.97. The zero-order valence-corrected chi connectivity index (χ0v) is 15.0. The van der Waals surface area contributed by atoms with Gasteiger partial charge in [0.15, 0.2) is 5.60 Å². The van der Waals surface area contributed by atoms with E-state index in [0.29, 0.717) is 18.4 Å². The molecule has 0 bridgehead atoms. The summed E-state index contributed by atoms with van der Waals surface area (Å²) >= 11 is 0. The smallest absolute Gasteiger partial charge is 0.375 e. The van der Waals surface area contributed by atoms with Crippen molar-refractivity contribution in [1.82, 2.24) is 0 Å². The molecule has 0 radical (unpaired) electrons. The number of halogens is 3. The zero-order chi connectivity index (χ0) is 20.4. The molecule has 7 heteroatoms. The number of hydrogen-bond donors (Lipinski definition) is 2. The van der Waals surface area contributed by atoms with E-state index in [2.05, 4.69) is 5.32 Å². The van der Waals surface area contributed by atoms with Gasteiger partial charge in [-0.15, -0.1) is 0 Å². The van der Waals surface area contributed by atoms with E-state index in [9.17, 15) is 23.1 Å². The molecule has 0 saturated heterocycles. The molecule has 4 nitrogen and oxygen atoms in total. The van der Waals surface area contributed by atoms with Crippen LogP contribution in [0.3, 0.4) is 0 Å². The van der Waals surface area contributed by atoms with Crippen molar-refractivity contribution >= 4 is 11.6 Å². The molecule has 2 aromatic rings. The molecule has 1 aliphatic rings. The Morgan fingerprint density at radius 1 is 1.11 bits per heavy atom. The number of aliphatic hydroxyl groups is 1. The van der Waals surface area contributed by atoms with E-state index in [-0.39, 0.29) is 11.6 Å². The number of alkyl halides is 3. The summed E-state index contributed by atoms with van der Waals surface area (Å²) in [6.07, 6.45) is -1.67. The highest BCUT2D eigenvalue weighted by Crippen LogP contribution is 2.41. The molecule has 2 aromatic carbocycles. The Morgan fingerprint density at radius 2 is 1.75 bits per heavy atom. The molecule has 0 heterocycles. The predicted molar refractivity (Wildman–Crippen MR) is 97.1 cm³/mol. The van der Waals surface area contributed by atoms with Gasteiger partial charge in [-0.1, -0.05) is 43.2 Å². The van der Waals surface area contributed by atoms with Gasteiger partial charge in [0, 0.05) is 11.6 Å². The van der Waals surface area contributed by atoms with Crippen LogP contribution in [0, 0.1) is 17.2 Å². The van der Waals surface area contributed by atoms with Crippen molar-refractivity contribution in [2.24, 2.45) is 5.92 Å². The number of nitriles is 1. The lowest BCUT2D eigenvalue weighted by Crippen LogP contribution is -2.45. The van der Waals surface area contributed by atoms with Crippen LogP contribution < -0.4 is 5.32 Å². The Balaban J connectivity index is 1.96. The maximum atomic E-state index is 13.2. The molecular weight excluding hydrogens is 369 g/mol. The molecule has 2 N–H and O–H groups in total. The van der Waals surface area contributed by atoms with E-state index in [1.807, 2.05) is 0 Å². The second-order valence-electron chi connectivity index (χ2n) is 6.94. The first-order chi connectivity index (χ1) is 13.3. The number of anilines is 1. The lowest BCUT2D eigenvalue weighted by molar-refractivity contribution is -0.141. The Labute approximate surface area is 160 Å². The molecule has 0 aliphatic heterocycles. The highest BCUT2D eigenvalue weighted by Gasteiger charge is 2.46. The number of hydrogen-bond acceptors (Lipinski definition) is 3. The van der Waals surface area contributed by atoms with Gasteiger partial charge in [-0.3, -0.25) is 4.79 Å². The number of carbonyl (C=O) groups excluding carboxylic acids is 1. The maximum Gasteiger partial charge on any atom is 0.417 e. The summed E-state index contributed by atoms with van der Waals surface area (Å²) in [4.78, 5) is 13.0. The van der Waals surface area contributed by atoms with Gasteiger partial charge in [0.25, 0.3) is 5.91 Å². The van der Waals surface area contributed by atoms with Crippen LogP contribution in [0.5, 0.6) is 0 Å². The summed E-state index contributed by atoms with van der Waals surface area (Å²) in [5, 5.41) is 22.7. The maximum absolute atomic E-state index is 13.2. The van der Waals surface area contributed by atoms with Gasteiger partial charge in [0.1, 0.15) is 0 Å². The van der Waals surface area contributed by atoms with Crippen LogP contribution in [-0.4, -0.2) is 11.0 Å². The average molecular weight is 388 g/mol. The number of rotatable bonds is 4. The van der Waals surface area contributed by atoms with Crippen molar-refractivity contribution in [3.63, 3.8) is 0 Å². The SMILES string of the molecule is N#Cc1ccc(NC(=O)C(O)(c2ccccc2)C2CCCC2)cc1C(F)(F)F. The normalized spacial score (nSPS) is 17.0. The predicted octanol–water partition coefficient (Wildman–Crippen LogP) is 4.59. The molecule has 0 aromatic heterocycles. The standard InChI is InChI=1S/C21H19F3N2O2/c22-21(23,24)18-12-17(11-10-14(18)13-25)26-19(27)20(28,16-8-4-5-9-16)15-6-2-1-3-7-15/h1-3,6-7,10-12,16,28H,4-5,8-9H2,(H,26,27). The number of nitrogens with one attached hydrogen (secondary N) is 1. The highest BCUT2D eigenvalue weighted by atomic mass is 19.4. The third-order valence-electron chi connectivity index (χ3n) is 5.21. The van der Waals surface area contributed by atoms with Crippen LogP contribution in [0.2, 0.25) is 0 Å². The van der Waals surface area contributed by atoms with Gasteiger partial charge < -0.3 is 10.4 Å². The molecule has 1 saturated carbocycles. The highest BCUT2D eigenvalue weighted by molar-refractivity contribution is 5.98. The second kappa shape index (κ2) is 7.64. The van der Waals surface area contributed by atoms with Crippen molar-refractivity contribution < 1.29 is 23.1 Å². The third kappa shape index (κ3) is 3.73. The van der Waals surface area contributed by atoms with Crippen molar-refractivity contribution in [3.8, 4) is 6.07 Å². The van der Waals surface area contributed by atoms with Gasteiger partial charge in [0.05, 0.1) is 17.2 Å². The van der Waals surface area contributed by atoms with Gasteiger partial charge in [-0.05, 0) is 36.6 Å². The van der Waals surface area contributed by atoms with Crippen LogP contribution in [0.1, 0.15) is 42.4 Å². The van der Waals surface area contributed by atoms with Crippen LogP contribution in [0.4, 0.5) is 18.9 Å². The molecule has 1 atom stereocenters. The topological polar surface area (TPSA) is 73.1 Å². The summed E-state index contributed by atoms with van der Waals surface area (Å²) in [6.45, 7) is 0. The molecule has 3 rings (SSSR count). The van der Waals surface area contributed by atoms with Gasteiger partial charge in [-0.2, -0.15) is 18.4 Å². The summed E-state index contributed by atoms with van der Waals surface area (Å²) < 4.78 is 39.6. The van der Waals surface area contributed by atoms with Crippen LogP contribution in [-0.2, 0) is 16.6 Å². The Bertz CT molecular complexity index is 900. The molecule has 28 heavy (non-hydrogen) atoms. The van der Waals surface area contributed by atoms with E-state index >= 15 is 0 Å². The van der Waals surface area contributed by atoms with E-state index < -0.39 is 28.8 Å². The number of carbonyl (C=O) groups is 1. The molecule has 1 amide bonds. The van der Waals surface area contributed by atoms with Crippen LogP contribution in [0.25, 0.3) is 0 Å². The Hall–Kier alpha value is -2.85. The van der Waals surface area contributed by atoms with Crippen molar-refractivity contribution in [1.29, 1.82) is 5.26 Å². The third-order valence-corrected chi connectivity index (χ3v) is 5.21. The fourth-order valence-corrected chi connectivity index (χ4v) is 3.77. The summed E-state index contributed by atoms with van der Waals surface area (Å²) in [5.74, 6) is -1.10. The molecule has 1 aliphatic carbocycles. The van der Waals surface area contributed by atoms with E-state index in [1.165, 1.54) is 12.1 Å². The fourth-order valence-electron chi connectivity index (χ4n) is 3.77. The minimum Gasteiger partial charge on any atom is -0.375 e. The summed E-state index contributed by atoms with van der Waals surface area (Å²) in [6, 6.07) is 12.9.